The fourth-order valence-corrected chi connectivity index (χ4v) is 3.11. The van der Waals surface area contributed by atoms with Gasteiger partial charge in [0.15, 0.2) is 0 Å². The Hall–Kier alpha value is -2.63. The van der Waals surface area contributed by atoms with E-state index in [1.807, 2.05) is 31.0 Å². The van der Waals surface area contributed by atoms with Crippen LogP contribution in [0.4, 0.5) is 5.82 Å². The van der Waals surface area contributed by atoms with Gasteiger partial charge in [-0.15, -0.1) is 0 Å². The third-order valence-electron chi connectivity index (χ3n) is 4.22. The number of hydrogen-bond acceptors (Lipinski definition) is 5. The van der Waals surface area contributed by atoms with Crippen molar-refractivity contribution in [2.24, 2.45) is 0 Å². The van der Waals surface area contributed by atoms with Gasteiger partial charge >= 0.3 is 0 Å². The number of rotatable bonds is 5. The summed E-state index contributed by atoms with van der Waals surface area (Å²) in [5.41, 5.74) is 1.62. The van der Waals surface area contributed by atoms with Crippen molar-refractivity contribution < 1.29 is 9.53 Å². The van der Waals surface area contributed by atoms with E-state index < -0.39 is 0 Å². The summed E-state index contributed by atoms with van der Waals surface area (Å²) < 4.78 is 5.52. The van der Waals surface area contributed by atoms with Crippen LogP contribution in [0.2, 0.25) is 0 Å². The van der Waals surface area contributed by atoms with Crippen molar-refractivity contribution in [1.82, 2.24) is 14.9 Å². The number of amides is 1. The van der Waals surface area contributed by atoms with Crippen molar-refractivity contribution in [1.29, 1.82) is 0 Å². The molecule has 6 heteroatoms. The molecule has 1 fully saturated rings. The molecular weight excluding hydrogens is 304 g/mol. The molecule has 1 N–H and O–H groups in total. The van der Waals surface area contributed by atoms with E-state index in [9.17, 15) is 4.79 Å². The number of carbonyl (C=O) groups is 1. The lowest BCUT2D eigenvalue weighted by molar-refractivity contribution is 0.0730. The molecule has 1 atom stereocenters. The summed E-state index contributed by atoms with van der Waals surface area (Å²) in [7, 11) is 1.84. The zero-order valence-electron chi connectivity index (χ0n) is 14.0. The number of nitrogens with zero attached hydrogens (tertiary/aromatic N) is 3. The Labute approximate surface area is 141 Å². The van der Waals surface area contributed by atoms with Gasteiger partial charge in [-0.05, 0) is 49.6 Å². The van der Waals surface area contributed by atoms with Crippen molar-refractivity contribution in [3.8, 4) is 5.88 Å². The number of nitrogens with one attached hydrogen (secondary N) is 1. The van der Waals surface area contributed by atoms with Crippen LogP contribution in [0.5, 0.6) is 5.88 Å². The van der Waals surface area contributed by atoms with Crippen LogP contribution in [0, 0.1) is 0 Å². The van der Waals surface area contributed by atoms with Gasteiger partial charge in [0.25, 0.3) is 5.91 Å². The molecule has 2 aromatic rings. The molecule has 1 aliphatic rings. The summed E-state index contributed by atoms with van der Waals surface area (Å²) in [5, 5.41) is 3.05. The topological polar surface area (TPSA) is 67.3 Å². The highest BCUT2D eigenvalue weighted by atomic mass is 16.5. The van der Waals surface area contributed by atoms with Crippen molar-refractivity contribution in [3.63, 3.8) is 0 Å². The van der Waals surface area contributed by atoms with Crippen molar-refractivity contribution in [3.05, 3.63) is 47.8 Å². The van der Waals surface area contributed by atoms with Gasteiger partial charge in [0.05, 0.1) is 12.6 Å². The van der Waals surface area contributed by atoms with Crippen molar-refractivity contribution in [2.75, 3.05) is 25.5 Å². The predicted molar refractivity (Wildman–Crippen MR) is 92.2 cm³/mol. The van der Waals surface area contributed by atoms with Gasteiger partial charge in [0.2, 0.25) is 5.88 Å². The van der Waals surface area contributed by atoms with E-state index in [1.54, 1.807) is 24.5 Å². The number of pyridine rings is 2. The first kappa shape index (κ1) is 16.2. The van der Waals surface area contributed by atoms with E-state index in [0.717, 1.165) is 30.8 Å². The van der Waals surface area contributed by atoms with Gasteiger partial charge in [0.1, 0.15) is 11.4 Å². The molecule has 0 radical (unpaired) electrons. The Morgan fingerprint density at radius 1 is 1.38 bits per heavy atom. The normalized spacial score (nSPS) is 16.9. The number of hydrogen-bond donors (Lipinski definition) is 1. The van der Waals surface area contributed by atoms with Crippen LogP contribution < -0.4 is 10.1 Å². The molecule has 0 bridgehead atoms. The average Bonchev–Trinajstić information content (AvgIpc) is 3.12. The van der Waals surface area contributed by atoms with Crippen LogP contribution in [0.3, 0.4) is 0 Å². The average molecular weight is 326 g/mol. The van der Waals surface area contributed by atoms with Crippen LogP contribution in [-0.4, -0.2) is 41.0 Å². The van der Waals surface area contributed by atoms with E-state index in [2.05, 4.69) is 15.3 Å². The largest absolute Gasteiger partial charge is 0.477 e. The summed E-state index contributed by atoms with van der Waals surface area (Å²) in [6.07, 6.45) is 5.35. The molecule has 1 amide bonds. The summed E-state index contributed by atoms with van der Waals surface area (Å²) in [6, 6.07) is 7.59. The Balaban J connectivity index is 1.89. The van der Waals surface area contributed by atoms with Gasteiger partial charge in [-0.1, -0.05) is 0 Å². The molecule has 3 rings (SSSR count). The molecular formula is C18H22N4O2. The van der Waals surface area contributed by atoms with Crippen molar-refractivity contribution >= 4 is 11.7 Å². The van der Waals surface area contributed by atoms with Crippen molar-refractivity contribution in [2.45, 2.75) is 25.8 Å². The summed E-state index contributed by atoms with van der Waals surface area (Å²) in [6.45, 7) is 3.11. The quantitative estimate of drug-likeness (QED) is 0.915. The molecule has 24 heavy (non-hydrogen) atoms. The number of ether oxygens (including phenoxy) is 1. The maximum Gasteiger partial charge on any atom is 0.259 e. The van der Waals surface area contributed by atoms with Gasteiger partial charge in [-0.2, -0.15) is 0 Å². The van der Waals surface area contributed by atoms with Gasteiger partial charge in [0, 0.05) is 26.0 Å². The molecule has 6 nitrogen and oxygen atoms in total. The van der Waals surface area contributed by atoms with Crippen LogP contribution in [0.15, 0.2) is 36.7 Å². The Bertz CT molecular complexity index is 720. The summed E-state index contributed by atoms with van der Waals surface area (Å²) in [4.78, 5) is 23.4. The Morgan fingerprint density at radius 3 is 3.04 bits per heavy atom. The molecule has 2 aromatic heterocycles. The van der Waals surface area contributed by atoms with Crippen LogP contribution in [0.1, 0.15) is 41.7 Å². The van der Waals surface area contributed by atoms with Crippen LogP contribution in [-0.2, 0) is 0 Å². The number of carbonyl (C=O) groups excluding carboxylic acids is 1. The predicted octanol–water partition coefficient (Wildman–Crippen LogP) is 2.89. The standard InChI is InChI=1S/C18H22N4O2/c1-3-24-17-14(6-4-9-21-17)18(23)22-11-5-7-15(22)13-8-10-20-16(12-13)19-2/h4,6,8-10,12,15H,3,5,7,11H2,1-2H3,(H,19,20)/t15-/m0/s1. The lowest BCUT2D eigenvalue weighted by Crippen LogP contribution is -2.31. The monoisotopic (exact) mass is 326 g/mol. The smallest absolute Gasteiger partial charge is 0.259 e. The van der Waals surface area contributed by atoms with Gasteiger partial charge < -0.3 is 15.0 Å². The third kappa shape index (κ3) is 3.18. The molecule has 1 aliphatic heterocycles. The summed E-state index contributed by atoms with van der Waals surface area (Å²) >= 11 is 0. The minimum Gasteiger partial charge on any atom is -0.477 e. The molecule has 0 aliphatic carbocycles. The second-order valence-electron chi connectivity index (χ2n) is 5.67. The maximum absolute atomic E-state index is 13.1. The summed E-state index contributed by atoms with van der Waals surface area (Å²) in [5.74, 6) is 1.18. The van der Waals surface area contributed by atoms with E-state index in [-0.39, 0.29) is 11.9 Å². The van der Waals surface area contributed by atoms with Crippen LogP contribution >= 0.6 is 0 Å². The fraction of sp³-hybridized carbons (Fsp3) is 0.389. The first-order chi connectivity index (χ1) is 11.7. The second-order valence-corrected chi connectivity index (χ2v) is 5.67. The van der Waals surface area contributed by atoms with Gasteiger partial charge in [-0.25, -0.2) is 9.97 Å². The van der Waals surface area contributed by atoms with E-state index in [0.29, 0.717) is 18.1 Å². The SMILES string of the molecule is CCOc1ncccc1C(=O)N1CCC[C@H]1c1ccnc(NC)c1. The molecule has 0 spiro atoms. The first-order valence-electron chi connectivity index (χ1n) is 8.27. The van der Waals surface area contributed by atoms with Crippen LogP contribution in [0.25, 0.3) is 0 Å². The second kappa shape index (κ2) is 7.29. The fourth-order valence-electron chi connectivity index (χ4n) is 3.11. The minimum absolute atomic E-state index is 0.0307. The van der Waals surface area contributed by atoms with E-state index in [4.69, 9.17) is 4.74 Å². The van der Waals surface area contributed by atoms with Gasteiger partial charge in [-0.3, -0.25) is 4.79 Å². The molecule has 0 unspecified atom stereocenters. The highest BCUT2D eigenvalue weighted by Gasteiger charge is 2.32. The zero-order chi connectivity index (χ0) is 16.9. The number of anilines is 1. The Kier molecular flexibility index (Phi) is 4.93. The Morgan fingerprint density at radius 2 is 2.25 bits per heavy atom. The molecule has 1 saturated heterocycles. The lowest BCUT2D eigenvalue weighted by Gasteiger charge is -2.26. The molecule has 3 heterocycles. The lowest BCUT2D eigenvalue weighted by atomic mass is 10.1. The van der Waals surface area contributed by atoms with E-state index >= 15 is 0 Å². The van der Waals surface area contributed by atoms with E-state index in [1.165, 1.54) is 0 Å². The minimum atomic E-state index is -0.0307. The highest BCUT2D eigenvalue weighted by Crippen LogP contribution is 2.34. The first-order valence-corrected chi connectivity index (χ1v) is 8.27. The third-order valence-corrected chi connectivity index (χ3v) is 4.22. The zero-order valence-corrected chi connectivity index (χ0v) is 14.0. The molecule has 126 valence electrons. The molecule has 0 aromatic carbocycles. The maximum atomic E-state index is 13.1. The molecule has 0 saturated carbocycles. The number of aromatic nitrogens is 2. The number of likely N-dealkylation sites (tertiary alicyclic amines) is 1. The highest BCUT2D eigenvalue weighted by molar-refractivity contribution is 5.96.